The first-order valence-electron chi connectivity index (χ1n) is 5.44. The van der Waals surface area contributed by atoms with Gasteiger partial charge < -0.3 is 10.5 Å². The van der Waals surface area contributed by atoms with Crippen molar-refractivity contribution in [2.45, 2.75) is 18.9 Å². The molecule has 1 fully saturated rings. The van der Waals surface area contributed by atoms with Crippen LogP contribution >= 0.6 is 23.2 Å². The molecule has 0 spiro atoms. The lowest BCUT2D eigenvalue weighted by molar-refractivity contribution is 0.0422. The maximum Gasteiger partial charge on any atom is 0.0512 e. The van der Waals surface area contributed by atoms with Gasteiger partial charge in [0.15, 0.2) is 0 Å². The van der Waals surface area contributed by atoms with E-state index in [-0.39, 0.29) is 6.04 Å². The van der Waals surface area contributed by atoms with Gasteiger partial charge in [-0.25, -0.2) is 0 Å². The first-order valence-corrected chi connectivity index (χ1v) is 6.19. The number of halogens is 2. The molecule has 2 nitrogen and oxygen atoms in total. The number of benzene rings is 1. The minimum Gasteiger partial charge on any atom is -0.381 e. The van der Waals surface area contributed by atoms with Crippen LogP contribution in [0.5, 0.6) is 0 Å². The molecule has 1 heterocycles. The summed E-state index contributed by atoms with van der Waals surface area (Å²) in [5.41, 5.74) is 7.15. The predicted octanol–water partition coefficient (Wildman–Crippen LogP) is 2.90. The monoisotopic (exact) mass is 259 g/mol. The Balaban J connectivity index is 2.07. The quantitative estimate of drug-likeness (QED) is 0.887. The molecule has 0 saturated carbocycles. The van der Waals surface area contributed by atoms with E-state index in [4.69, 9.17) is 33.7 Å². The third-order valence-electron chi connectivity index (χ3n) is 3.03. The Morgan fingerprint density at radius 1 is 1.38 bits per heavy atom. The van der Waals surface area contributed by atoms with Crippen molar-refractivity contribution in [3.8, 4) is 0 Å². The van der Waals surface area contributed by atoms with Crippen LogP contribution in [-0.2, 0) is 11.2 Å². The number of ether oxygens (including phenoxy) is 1. The Kier molecular flexibility index (Phi) is 4.09. The topological polar surface area (TPSA) is 35.2 Å². The molecule has 0 amide bonds. The summed E-state index contributed by atoms with van der Waals surface area (Å²) in [4.78, 5) is 0. The second kappa shape index (κ2) is 5.37. The highest BCUT2D eigenvalue weighted by molar-refractivity contribution is 6.35. The summed E-state index contributed by atoms with van der Waals surface area (Å²) in [7, 11) is 0. The standard InChI is InChI=1S/C12H15Cl2NO/c13-10-2-1-8(11(14)6-10)5-9-7-16-4-3-12(9)15/h1-2,6,9,12H,3-5,7,15H2. The molecule has 1 aliphatic heterocycles. The number of rotatable bonds is 2. The Labute approximate surface area is 106 Å². The van der Waals surface area contributed by atoms with Gasteiger partial charge in [0.2, 0.25) is 0 Å². The Morgan fingerprint density at radius 3 is 2.88 bits per heavy atom. The lowest BCUT2D eigenvalue weighted by Crippen LogP contribution is -2.39. The molecule has 4 heteroatoms. The maximum absolute atomic E-state index is 6.13. The molecule has 0 aliphatic carbocycles. The summed E-state index contributed by atoms with van der Waals surface area (Å²) in [5.74, 6) is 0.354. The second-order valence-corrected chi connectivity index (χ2v) is 5.07. The first-order chi connectivity index (χ1) is 7.66. The zero-order valence-corrected chi connectivity index (χ0v) is 10.5. The highest BCUT2D eigenvalue weighted by Crippen LogP contribution is 2.25. The molecule has 16 heavy (non-hydrogen) atoms. The second-order valence-electron chi connectivity index (χ2n) is 4.23. The van der Waals surface area contributed by atoms with E-state index in [1.807, 2.05) is 12.1 Å². The van der Waals surface area contributed by atoms with Gasteiger partial charge in [-0.2, -0.15) is 0 Å². The minimum atomic E-state index is 0.209. The molecule has 2 N–H and O–H groups in total. The molecule has 2 atom stereocenters. The van der Waals surface area contributed by atoms with Crippen LogP contribution < -0.4 is 5.73 Å². The van der Waals surface area contributed by atoms with Gasteiger partial charge in [0.05, 0.1) is 6.61 Å². The van der Waals surface area contributed by atoms with Crippen molar-refractivity contribution in [1.29, 1.82) is 0 Å². The van der Waals surface area contributed by atoms with Crippen LogP contribution in [0, 0.1) is 5.92 Å². The third kappa shape index (κ3) is 2.89. The molecule has 0 aromatic heterocycles. The zero-order valence-electron chi connectivity index (χ0n) is 8.96. The van der Waals surface area contributed by atoms with E-state index < -0.39 is 0 Å². The predicted molar refractivity (Wildman–Crippen MR) is 67.1 cm³/mol. The molecule has 88 valence electrons. The van der Waals surface area contributed by atoms with Crippen molar-refractivity contribution in [2.75, 3.05) is 13.2 Å². The third-order valence-corrected chi connectivity index (χ3v) is 3.62. The van der Waals surface area contributed by atoms with Gasteiger partial charge >= 0.3 is 0 Å². The molecular weight excluding hydrogens is 245 g/mol. The molecule has 2 unspecified atom stereocenters. The maximum atomic E-state index is 6.13. The summed E-state index contributed by atoms with van der Waals surface area (Å²) in [6.07, 6.45) is 1.78. The molecule has 2 rings (SSSR count). The van der Waals surface area contributed by atoms with E-state index in [1.54, 1.807) is 6.07 Å². The molecule has 0 bridgehead atoms. The van der Waals surface area contributed by atoms with E-state index in [0.717, 1.165) is 31.6 Å². The van der Waals surface area contributed by atoms with Crippen molar-refractivity contribution < 1.29 is 4.74 Å². The lowest BCUT2D eigenvalue weighted by atomic mass is 9.90. The highest BCUT2D eigenvalue weighted by atomic mass is 35.5. The number of hydrogen-bond donors (Lipinski definition) is 1. The normalized spacial score (nSPS) is 25.7. The van der Waals surface area contributed by atoms with Gasteiger partial charge in [-0.15, -0.1) is 0 Å². The molecule has 1 aromatic rings. The van der Waals surface area contributed by atoms with Crippen molar-refractivity contribution in [2.24, 2.45) is 11.7 Å². The van der Waals surface area contributed by atoms with Crippen molar-refractivity contribution in [3.63, 3.8) is 0 Å². The Morgan fingerprint density at radius 2 is 2.19 bits per heavy atom. The average molecular weight is 260 g/mol. The van der Waals surface area contributed by atoms with Gasteiger partial charge in [-0.3, -0.25) is 0 Å². The van der Waals surface area contributed by atoms with Gasteiger partial charge in [0.1, 0.15) is 0 Å². The summed E-state index contributed by atoms with van der Waals surface area (Å²) in [5, 5.41) is 1.38. The van der Waals surface area contributed by atoms with E-state index in [9.17, 15) is 0 Å². The van der Waals surface area contributed by atoms with E-state index in [1.165, 1.54) is 0 Å². The molecular formula is C12H15Cl2NO. The molecule has 0 radical (unpaired) electrons. The smallest absolute Gasteiger partial charge is 0.0512 e. The summed E-state index contributed by atoms with van der Waals surface area (Å²) in [6.45, 7) is 1.49. The zero-order chi connectivity index (χ0) is 11.5. The Bertz CT molecular complexity index is 370. The van der Waals surface area contributed by atoms with Crippen LogP contribution in [0.1, 0.15) is 12.0 Å². The van der Waals surface area contributed by atoms with E-state index in [2.05, 4.69) is 0 Å². The van der Waals surface area contributed by atoms with Gasteiger partial charge in [-0.1, -0.05) is 29.3 Å². The van der Waals surface area contributed by atoms with Crippen LogP contribution in [-0.4, -0.2) is 19.3 Å². The first kappa shape index (κ1) is 12.2. The van der Waals surface area contributed by atoms with Crippen LogP contribution in [0.25, 0.3) is 0 Å². The largest absolute Gasteiger partial charge is 0.381 e. The van der Waals surface area contributed by atoms with E-state index >= 15 is 0 Å². The fraction of sp³-hybridized carbons (Fsp3) is 0.500. The SMILES string of the molecule is NC1CCOCC1Cc1ccc(Cl)cc1Cl. The fourth-order valence-electron chi connectivity index (χ4n) is 1.99. The summed E-state index contributed by atoms with van der Waals surface area (Å²) < 4.78 is 5.44. The van der Waals surface area contributed by atoms with Crippen LogP contribution in [0.4, 0.5) is 0 Å². The lowest BCUT2D eigenvalue weighted by Gasteiger charge is -2.28. The number of hydrogen-bond acceptors (Lipinski definition) is 2. The van der Waals surface area contributed by atoms with Gasteiger partial charge in [0, 0.05) is 28.6 Å². The molecule has 1 aromatic carbocycles. The van der Waals surface area contributed by atoms with Crippen LogP contribution in [0.15, 0.2) is 18.2 Å². The minimum absolute atomic E-state index is 0.209. The van der Waals surface area contributed by atoms with Crippen molar-refractivity contribution in [1.82, 2.24) is 0 Å². The Hall–Kier alpha value is -0.280. The summed E-state index contributed by atoms with van der Waals surface area (Å²) >= 11 is 12.0. The highest BCUT2D eigenvalue weighted by Gasteiger charge is 2.23. The summed E-state index contributed by atoms with van der Waals surface area (Å²) in [6, 6.07) is 5.80. The van der Waals surface area contributed by atoms with Crippen LogP contribution in [0.2, 0.25) is 10.0 Å². The van der Waals surface area contributed by atoms with Crippen molar-refractivity contribution in [3.05, 3.63) is 33.8 Å². The van der Waals surface area contributed by atoms with Gasteiger partial charge in [-0.05, 0) is 30.5 Å². The number of nitrogens with two attached hydrogens (primary N) is 1. The van der Waals surface area contributed by atoms with E-state index in [0.29, 0.717) is 16.0 Å². The van der Waals surface area contributed by atoms with Crippen molar-refractivity contribution >= 4 is 23.2 Å². The molecule has 1 aliphatic rings. The average Bonchev–Trinajstić information content (AvgIpc) is 2.25. The fourth-order valence-corrected chi connectivity index (χ4v) is 2.48. The van der Waals surface area contributed by atoms with Crippen LogP contribution in [0.3, 0.4) is 0 Å². The molecule has 1 saturated heterocycles. The van der Waals surface area contributed by atoms with Gasteiger partial charge in [0.25, 0.3) is 0 Å².